The van der Waals surface area contributed by atoms with E-state index in [0.29, 0.717) is 10.9 Å². The molecule has 1 atom stereocenters. The van der Waals surface area contributed by atoms with Crippen molar-refractivity contribution in [2.24, 2.45) is 0 Å². The van der Waals surface area contributed by atoms with Crippen molar-refractivity contribution in [1.29, 1.82) is 5.26 Å². The molecule has 0 saturated carbocycles. The summed E-state index contributed by atoms with van der Waals surface area (Å²) in [5.41, 5.74) is -0.474. The molecule has 0 amide bonds. The molecule has 0 fully saturated rings. The van der Waals surface area contributed by atoms with Gasteiger partial charge in [-0.1, -0.05) is 15.9 Å². The Kier molecular flexibility index (Phi) is 4.84. The fourth-order valence-electron chi connectivity index (χ4n) is 1.66. The van der Waals surface area contributed by atoms with Crippen LogP contribution in [0.25, 0.3) is 0 Å². The predicted molar refractivity (Wildman–Crippen MR) is 78.6 cm³/mol. The number of halogens is 1. The molecular formula is C12H15BrN2O3Si. The molecule has 1 aromatic rings. The van der Waals surface area contributed by atoms with Gasteiger partial charge in [-0.2, -0.15) is 5.26 Å². The normalized spacial score (nSPS) is 14.5. The molecule has 19 heavy (non-hydrogen) atoms. The summed E-state index contributed by atoms with van der Waals surface area (Å²) in [6.07, 6.45) is 0. The quantitative estimate of drug-likeness (QED) is 0.354. The van der Waals surface area contributed by atoms with Crippen LogP contribution in [0.2, 0.25) is 19.6 Å². The molecular weight excluding hydrogens is 328 g/mol. The fourth-order valence-corrected chi connectivity index (χ4v) is 3.71. The van der Waals surface area contributed by atoms with E-state index in [0.717, 1.165) is 0 Å². The summed E-state index contributed by atoms with van der Waals surface area (Å²) in [6, 6.07) is 8.10. The van der Waals surface area contributed by atoms with Gasteiger partial charge in [0.15, 0.2) is 13.9 Å². The summed E-state index contributed by atoms with van der Waals surface area (Å²) >= 11 is 3.31. The van der Waals surface area contributed by atoms with Crippen molar-refractivity contribution in [3.63, 3.8) is 0 Å². The second-order valence-corrected chi connectivity index (χ2v) is 10.1. The van der Waals surface area contributed by atoms with Gasteiger partial charge >= 0.3 is 0 Å². The van der Waals surface area contributed by atoms with E-state index in [2.05, 4.69) is 22.0 Å². The van der Waals surface area contributed by atoms with Gasteiger partial charge in [-0.05, 0) is 37.3 Å². The zero-order valence-corrected chi connectivity index (χ0v) is 13.6. The van der Waals surface area contributed by atoms with Crippen molar-refractivity contribution in [1.82, 2.24) is 0 Å². The first kappa shape index (κ1) is 15.8. The highest BCUT2D eigenvalue weighted by atomic mass is 79.9. The van der Waals surface area contributed by atoms with Gasteiger partial charge in [0.1, 0.15) is 6.07 Å². The summed E-state index contributed by atoms with van der Waals surface area (Å²) in [6.45, 7) is 5.98. The van der Waals surface area contributed by atoms with Crippen molar-refractivity contribution >= 4 is 29.9 Å². The van der Waals surface area contributed by atoms with Crippen LogP contribution in [0.5, 0.6) is 0 Å². The third-order valence-corrected chi connectivity index (χ3v) is 4.14. The molecule has 0 saturated heterocycles. The highest BCUT2D eigenvalue weighted by molar-refractivity contribution is 9.09. The fraction of sp³-hybridized carbons (Fsp3) is 0.417. The number of rotatable bonds is 5. The van der Waals surface area contributed by atoms with E-state index in [-0.39, 0.29) is 5.69 Å². The summed E-state index contributed by atoms with van der Waals surface area (Å²) < 4.78 is 5.97. The Hall–Kier alpha value is -1.23. The Morgan fingerprint density at radius 3 is 2.26 bits per heavy atom. The smallest absolute Gasteiger partial charge is 0.269 e. The summed E-state index contributed by atoms with van der Waals surface area (Å²) in [5, 5.41) is 20.4. The van der Waals surface area contributed by atoms with Crippen LogP contribution < -0.4 is 0 Å². The average molecular weight is 343 g/mol. The Labute approximate surface area is 121 Å². The average Bonchev–Trinajstić information content (AvgIpc) is 2.35. The number of nitrogens with zero attached hydrogens (tertiary/aromatic N) is 2. The van der Waals surface area contributed by atoms with E-state index in [4.69, 9.17) is 4.43 Å². The molecule has 7 heteroatoms. The lowest BCUT2D eigenvalue weighted by Crippen LogP contribution is -2.41. The first-order valence-electron chi connectivity index (χ1n) is 5.66. The van der Waals surface area contributed by atoms with Crippen molar-refractivity contribution in [2.75, 3.05) is 5.33 Å². The summed E-state index contributed by atoms with van der Waals surface area (Å²) in [4.78, 5) is 10.2. The Morgan fingerprint density at radius 1 is 1.42 bits per heavy atom. The minimum absolute atomic E-state index is 0.00170. The highest BCUT2D eigenvalue weighted by Crippen LogP contribution is 2.32. The van der Waals surface area contributed by atoms with Gasteiger partial charge < -0.3 is 4.43 Å². The third-order valence-electron chi connectivity index (χ3n) is 2.39. The van der Waals surface area contributed by atoms with Gasteiger partial charge in [-0.3, -0.25) is 10.1 Å². The molecule has 0 N–H and O–H groups in total. The monoisotopic (exact) mass is 342 g/mol. The Morgan fingerprint density at radius 2 is 1.95 bits per heavy atom. The Balaban J connectivity index is 3.20. The maximum Gasteiger partial charge on any atom is 0.269 e. The van der Waals surface area contributed by atoms with Crippen molar-refractivity contribution < 1.29 is 9.35 Å². The molecule has 0 radical (unpaired) electrons. The van der Waals surface area contributed by atoms with E-state index in [1.165, 1.54) is 12.1 Å². The maximum absolute atomic E-state index is 10.6. The van der Waals surface area contributed by atoms with Crippen LogP contribution in [0, 0.1) is 21.4 Å². The highest BCUT2D eigenvalue weighted by Gasteiger charge is 2.37. The summed E-state index contributed by atoms with van der Waals surface area (Å²) in [7, 11) is -1.94. The second kappa shape index (κ2) is 5.82. The van der Waals surface area contributed by atoms with Gasteiger partial charge in [-0.25, -0.2) is 0 Å². The summed E-state index contributed by atoms with van der Waals surface area (Å²) in [5.74, 6) is 0. The number of nitro groups is 1. The van der Waals surface area contributed by atoms with Gasteiger partial charge in [0.25, 0.3) is 5.69 Å². The van der Waals surface area contributed by atoms with Crippen LogP contribution in [0.3, 0.4) is 0 Å². The second-order valence-electron chi connectivity index (χ2n) is 5.09. The zero-order chi connectivity index (χ0) is 14.7. The lowest BCUT2D eigenvalue weighted by molar-refractivity contribution is -0.384. The van der Waals surface area contributed by atoms with Crippen LogP contribution >= 0.6 is 15.9 Å². The molecule has 5 nitrogen and oxygen atoms in total. The standard InChI is InChI=1S/C12H15BrN2O3Si/c1-19(2,3)18-12(8-13,9-14)10-4-6-11(7-5-10)15(16)17/h4-7H,8H2,1-3H3. The maximum atomic E-state index is 10.6. The number of alkyl halides is 1. The lowest BCUT2D eigenvalue weighted by atomic mass is 9.98. The number of benzene rings is 1. The number of hydrogen-bond acceptors (Lipinski definition) is 4. The topological polar surface area (TPSA) is 76.2 Å². The molecule has 1 unspecified atom stereocenters. The number of hydrogen-bond donors (Lipinski definition) is 0. The minimum atomic E-state index is -1.94. The minimum Gasteiger partial charge on any atom is -0.396 e. The van der Waals surface area contributed by atoms with Gasteiger partial charge in [0.05, 0.1) is 4.92 Å². The molecule has 102 valence electrons. The number of non-ortho nitro benzene ring substituents is 1. The van der Waals surface area contributed by atoms with Gasteiger partial charge in [0, 0.05) is 17.5 Å². The van der Waals surface area contributed by atoms with Crippen LogP contribution in [-0.4, -0.2) is 18.6 Å². The zero-order valence-electron chi connectivity index (χ0n) is 11.0. The largest absolute Gasteiger partial charge is 0.396 e. The molecule has 0 aromatic heterocycles. The van der Waals surface area contributed by atoms with Crippen LogP contribution in [0.15, 0.2) is 24.3 Å². The molecule has 1 rings (SSSR count). The van der Waals surface area contributed by atoms with Crippen molar-refractivity contribution in [2.45, 2.75) is 25.2 Å². The van der Waals surface area contributed by atoms with Gasteiger partial charge in [0.2, 0.25) is 0 Å². The van der Waals surface area contributed by atoms with E-state index in [1.54, 1.807) is 12.1 Å². The van der Waals surface area contributed by atoms with Crippen LogP contribution in [0.4, 0.5) is 5.69 Å². The van der Waals surface area contributed by atoms with Crippen LogP contribution in [-0.2, 0) is 10.0 Å². The first-order chi connectivity index (χ1) is 8.74. The van der Waals surface area contributed by atoms with Gasteiger partial charge in [-0.15, -0.1) is 0 Å². The Bertz CT molecular complexity index is 507. The van der Waals surface area contributed by atoms with Crippen LogP contribution in [0.1, 0.15) is 5.56 Å². The molecule has 0 bridgehead atoms. The van der Waals surface area contributed by atoms with E-state index in [9.17, 15) is 15.4 Å². The number of nitro benzene ring substituents is 1. The van der Waals surface area contributed by atoms with E-state index < -0.39 is 18.8 Å². The molecule has 0 spiro atoms. The van der Waals surface area contributed by atoms with Crippen molar-refractivity contribution in [3.05, 3.63) is 39.9 Å². The molecule has 0 aliphatic carbocycles. The first-order valence-corrected chi connectivity index (χ1v) is 10.2. The molecule has 0 aliphatic rings. The lowest BCUT2D eigenvalue weighted by Gasteiger charge is -2.32. The third kappa shape index (κ3) is 3.86. The SMILES string of the molecule is C[Si](C)(C)OC(C#N)(CBr)c1ccc([N+](=O)[O-])cc1. The molecule has 0 heterocycles. The van der Waals surface area contributed by atoms with Crippen molar-refractivity contribution in [3.8, 4) is 6.07 Å². The predicted octanol–water partition coefficient (Wildman–Crippen LogP) is 3.56. The van der Waals surface area contributed by atoms with E-state index in [1.807, 2.05) is 19.6 Å². The van der Waals surface area contributed by atoms with E-state index >= 15 is 0 Å². The molecule has 0 aliphatic heterocycles. The number of nitriles is 1. The molecule has 1 aromatic carbocycles.